The largest absolute Gasteiger partial charge is 0.429 e. The zero-order chi connectivity index (χ0) is 32.1. The van der Waals surface area contributed by atoms with E-state index in [9.17, 15) is 13.2 Å². The monoisotopic (exact) mass is 615 g/mol. The number of nitriles is 1. The van der Waals surface area contributed by atoms with Crippen molar-refractivity contribution in [3.63, 3.8) is 0 Å². The van der Waals surface area contributed by atoms with Gasteiger partial charge in [-0.2, -0.15) is 14.0 Å². The maximum Gasteiger partial charge on any atom is 0.429 e. The van der Waals surface area contributed by atoms with Crippen LogP contribution in [-0.4, -0.2) is 0 Å². The number of nitrogens with zero attached hydrogens (tertiary/aromatic N) is 1. The lowest BCUT2D eigenvalue weighted by atomic mass is 9.98. The maximum absolute atomic E-state index is 15.0. The van der Waals surface area contributed by atoms with E-state index in [0.717, 1.165) is 67.6 Å². The summed E-state index contributed by atoms with van der Waals surface area (Å²) >= 11 is 0. The fourth-order valence-corrected chi connectivity index (χ4v) is 5.06. The molecule has 5 rings (SSSR count). The summed E-state index contributed by atoms with van der Waals surface area (Å²) in [5.74, 6) is -4.32. The highest BCUT2D eigenvalue weighted by Gasteiger charge is 2.38. The van der Waals surface area contributed by atoms with Crippen LogP contribution >= 0.6 is 0 Å². The van der Waals surface area contributed by atoms with E-state index in [0.29, 0.717) is 17.2 Å². The molecule has 0 saturated heterocycles. The second kappa shape index (κ2) is 13.3. The summed E-state index contributed by atoms with van der Waals surface area (Å²) in [5.41, 5.74) is 1.23. The first kappa shape index (κ1) is 31.4. The molecule has 0 N–H and O–H groups in total. The lowest BCUT2D eigenvalue weighted by Crippen LogP contribution is -2.23. The van der Waals surface area contributed by atoms with Gasteiger partial charge in [-0.3, -0.25) is 0 Å². The standard InChI is InChI=1S/C37H27F6NO/c1-2-3-4-5-23-6-8-24(9-7-23)25-13-17-32(36(41)18-25)37(42,43)45-29-14-16-31(35(40)21-29)27-12-15-30(34(39)20-27)26-10-11-28(22-44)33(38)19-26/h6-21H,2-5H2,1H3. The van der Waals surface area contributed by atoms with Crippen LogP contribution in [0.2, 0.25) is 0 Å². The summed E-state index contributed by atoms with van der Waals surface area (Å²) < 4.78 is 93.7. The molecule has 0 aliphatic rings. The molecule has 0 amide bonds. The quantitative estimate of drug-likeness (QED) is 0.116. The highest BCUT2D eigenvalue weighted by molar-refractivity contribution is 5.72. The number of hydrogen-bond donors (Lipinski definition) is 0. The molecule has 0 aliphatic heterocycles. The van der Waals surface area contributed by atoms with E-state index in [1.807, 2.05) is 24.3 Å². The summed E-state index contributed by atoms with van der Waals surface area (Å²) in [6.45, 7) is 2.13. The van der Waals surface area contributed by atoms with Crippen LogP contribution in [0.25, 0.3) is 33.4 Å². The molecule has 2 nitrogen and oxygen atoms in total. The van der Waals surface area contributed by atoms with Crippen LogP contribution in [0.5, 0.6) is 5.75 Å². The molecule has 5 aromatic rings. The van der Waals surface area contributed by atoms with Gasteiger partial charge in [0.05, 0.1) is 11.1 Å². The Hall–Kier alpha value is -5.03. The Bertz CT molecular complexity index is 1880. The molecular formula is C37H27F6NO. The molecule has 0 spiro atoms. The third kappa shape index (κ3) is 7.04. The fourth-order valence-electron chi connectivity index (χ4n) is 5.06. The van der Waals surface area contributed by atoms with E-state index in [-0.39, 0.29) is 27.8 Å². The van der Waals surface area contributed by atoms with Gasteiger partial charge in [0.1, 0.15) is 35.1 Å². The van der Waals surface area contributed by atoms with Gasteiger partial charge in [0, 0.05) is 17.2 Å². The molecule has 0 bridgehead atoms. The Morgan fingerprint density at radius 1 is 0.622 bits per heavy atom. The van der Waals surface area contributed by atoms with E-state index >= 15 is 13.2 Å². The number of benzene rings is 5. The van der Waals surface area contributed by atoms with Crippen LogP contribution in [-0.2, 0) is 12.5 Å². The predicted molar refractivity (Wildman–Crippen MR) is 161 cm³/mol. The molecule has 45 heavy (non-hydrogen) atoms. The van der Waals surface area contributed by atoms with Crippen LogP contribution in [0, 0.1) is 34.6 Å². The van der Waals surface area contributed by atoms with Crippen molar-refractivity contribution < 1.29 is 31.1 Å². The third-order valence-electron chi connectivity index (χ3n) is 7.51. The smallest absolute Gasteiger partial charge is 0.429 e. The average molecular weight is 616 g/mol. The van der Waals surface area contributed by atoms with Crippen LogP contribution in [0.15, 0.2) is 97.1 Å². The first-order valence-corrected chi connectivity index (χ1v) is 14.3. The van der Waals surface area contributed by atoms with Gasteiger partial charge < -0.3 is 4.74 Å². The first-order valence-electron chi connectivity index (χ1n) is 14.3. The minimum atomic E-state index is -4.12. The van der Waals surface area contributed by atoms with Crippen LogP contribution < -0.4 is 4.74 Å². The van der Waals surface area contributed by atoms with Gasteiger partial charge in [-0.05, 0) is 83.1 Å². The van der Waals surface area contributed by atoms with Crippen molar-refractivity contribution in [2.45, 2.75) is 38.7 Å². The number of hydrogen-bond acceptors (Lipinski definition) is 2. The highest BCUT2D eigenvalue weighted by Crippen LogP contribution is 2.37. The molecule has 8 heteroatoms. The molecule has 228 valence electrons. The summed E-state index contributed by atoms with van der Waals surface area (Å²) in [4.78, 5) is 0. The van der Waals surface area contributed by atoms with Crippen molar-refractivity contribution in [1.82, 2.24) is 0 Å². The zero-order valence-electron chi connectivity index (χ0n) is 24.2. The number of rotatable bonds is 10. The van der Waals surface area contributed by atoms with E-state index < -0.39 is 40.7 Å². The van der Waals surface area contributed by atoms with Crippen molar-refractivity contribution in [1.29, 1.82) is 5.26 Å². The molecule has 0 fully saturated rings. The molecular weight excluding hydrogens is 588 g/mol. The topological polar surface area (TPSA) is 33.0 Å². The minimum Gasteiger partial charge on any atom is -0.429 e. The van der Waals surface area contributed by atoms with Crippen molar-refractivity contribution in [2.75, 3.05) is 0 Å². The average Bonchev–Trinajstić information content (AvgIpc) is 3.01. The second-order valence-electron chi connectivity index (χ2n) is 10.6. The number of alkyl halides is 2. The van der Waals surface area contributed by atoms with Crippen LogP contribution in [0.4, 0.5) is 26.3 Å². The number of unbranched alkanes of at least 4 members (excludes halogenated alkanes) is 2. The van der Waals surface area contributed by atoms with Gasteiger partial charge in [-0.1, -0.05) is 68.3 Å². The van der Waals surface area contributed by atoms with Gasteiger partial charge in [0.25, 0.3) is 0 Å². The van der Waals surface area contributed by atoms with Crippen LogP contribution in [0.1, 0.15) is 42.9 Å². The molecule has 0 heterocycles. The van der Waals surface area contributed by atoms with Crippen molar-refractivity contribution in [2.24, 2.45) is 0 Å². The lowest BCUT2D eigenvalue weighted by molar-refractivity contribution is -0.187. The van der Waals surface area contributed by atoms with E-state index in [4.69, 9.17) is 10.00 Å². The Balaban J connectivity index is 1.31. The second-order valence-corrected chi connectivity index (χ2v) is 10.6. The van der Waals surface area contributed by atoms with Gasteiger partial charge in [0.15, 0.2) is 0 Å². The molecule has 0 saturated carbocycles. The van der Waals surface area contributed by atoms with E-state index in [1.165, 1.54) is 30.3 Å². The molecule has 0 radical (unpaired) electrons. The number of aryl methyl sites for hydroxylation is 1. The maximum atomic E-state index is 15.0. The Labute approximate surface area is 257 Å². The molecule has 0 unspecified atom stereocenters. The van der Waals surface area contributed by atoms with Crippen LogP contribution in [0.3, 0.4) is 0 Å². The molecule has 5 aromatic carbocycles. The van der Waals surface area contributed by atoms with Crippen molar-refractivity contribution in [3.8, 4) is 45.2 Å². The van der Waals surface area contributed by atoms with Crippen molar-refractivity contribution in [3.05, 3.63) is 137 Å². The van der Waals surface area contributed by atoms with Gasteiger partial charge >= 0.3 is 6.11 Å². The fraction of sp³-hybridized carbons (Fsp3) is 0.162. The number of halogens is 6. The molecule has 0 atom stereocenters. The molecule has 0 aromatic heterocycles. The Morgan fingerprint density at radius 3 is 1.80 bits per heavy atom. The van der Waals surface area contributed by atoms with Gasteiger partial charge in [-0.15, -0.1) is 0 Å². The van der Waals surface area contributed by atoms with Gasteiger partial charge in [0.2, 0.25) is 0 Å². The normalized spacial score (nSPS) is 11.3. The predicted octanol–water partition coefficient (Wildman–Crippen LogP) is 11.0. The Kier molecular flexibility index (Phi) is 9.29. The van der Waals surface area contributed by atoms with E-state index in [1.54, 1.807) is 6.07 Å². The first-order chi connectivity index (χ1) is 21.6. The van der Waals surface area contributed by atoms with E-state index in [2.05, 4.69) is 6.92 Å². The zero-order valence-corrected chi connectivity index (χ0v) is 24.2. The Morgan fingerprint density at radius 2 is 1.20 bits per heavy atom. The lowest BCUT2D eigenvalue weighted by Gasteiger charge is -2.20. The number of ether oxygens (including phenoxy) is 1. The third-order valence-corrected chi connectivity index (χ3v) is 7.51. The minimum absolute atomic E-state index is 0.0228. The summed E-state index contributed by atoms with van der Waals surface area (Å²) in [6, 6.07) is 22.8. The van der Waals surface area contributed by atoms with Gasteiger partial charge in [-0.25, -0.2) is 17.6 Å². The summed E-state index contributed by atoms with van der Waals surface area (Å²) in [6.07, 6.45) is 0.113. The molecule has 0 aliphatic carbocycles. The SMILES string of the molecule is CCCCCc1ccc(-c2ccc(C(F)(F)Oc3ccc(-c4ccc(-c5ccc(C#N)c(F)c5)c(F)c4)c(F)c3)c(F)c2)cc1. The van der Waals surface area contributed by atoms with Crippen molar-refractivity contribution >= 4 is 0 Å². The summed E-state index contributed by atoms with van der Waals surface area (Å²) in [5, 5.41) is 8.89. The summed E-state index contributed by atoms with van der Waals surface area (Å²) in [7, 11) is 0. The highest BCUT2D eigenvalue weighted by atomic mass is 19.3.